The number of hydrogen-bond donors (Lipinski definition) is 1. The van der Waals surface area contributed by atoms with Crippen molar-refractivity contribution in [2.45, 2.75) is 20.3 Å². The predicted molar refractivity (Wildman–Crippen MR) is 107 cm³/mol. The van der Waals surface area contributed by atoms with Crippen LogP contribution < -0.4 is 15.0 Å². The Morgan fingerprint density at radius 1 is 1.03 bits per heavy atom. The van der Waals surface area contributed by atoms with Crippen LogP contribution in [0, 0.1) is 6.92 Å². The van der Waals surface area contributed by atoms with Crippen LogP contribution in [0.3, 0.4) is 0 Å². The summed E-state index contributed by atoms with van der Waals surface area (Å²) in [5, 5.41) is 2.75. The summed E-state index contributed by atoms with van der Waals surface area (Å²) >= 11 is 0. The Hall–Kier alpha value is -3.68. The number of methoxy groups -OCH3 is 1. The number of anilines is 2. The van der Waals surface area contributed by atoms with Gasteiger partial charge in [-0.25, -0.2) is 14.6 Å². The minimum atomic E-state index is -1.04. The highest BCUT2D eigenvalue weighted by Gasteiger charge is 2.46. The number of hydrogen-bond acceptors (Lipinski definition) is 5. The maximum atomic E-state index is 12.7. The summed E-state index contributed by atoms with van der Waals surface area (Å²) < 4.78 is 5.05. The number of urea groups is 1. The van der Waals surface area contributed by atoms with E-state index in [2.05, 4.69) is 5.32 Å². The number of amides is 5. The van der Waals surface area contributed by atoms with Gasteiger partial charge < -0.3 is 10.1 Å². The molecule has 1 aliphatic rings. The zero-order valence-corrected chi connectivity index (χ0v) is 16.4. The van der Waals surface area contributed by atoms with Gasteiger partial charge in [0, 0.05) is 5.69 Å². The minimum Gasteiger partial charge on any atom is -0.497 e. The number of para-hydroxylation sites is 1. The highest BCUT2D eigenvalue weighted by Crippen LogP contribution is 2.25. The van der Waals surface area contributed by atoms with E-state index in [9.17, 15) is 19.2 Å². The molecule has 8 heteroatoms. The summed E-state index contributed by atoms with van der Waals surface area (Å²) in [6, 6.07) is 10.9. The van der Waals surface area contributed by atoms with Crippen LogP contribution in [0.4, 0.5) is 16.2 Å². The zero-order valence-electron chi connectivity index (χ0n) is 16.4. The summed E-state index contributed by atoms with van der Waals surface area (Å²) in [6.07, 6.45) is 0.711. The molecular weight excluding hydrogens is 374 g/mol. The standard InChI is InChI=1S/C21H21N3O5/c1-4-14-7-5-6-13(2)18(14)22-17(25)12-23-19(26)20(27)24(21(23)28)15-8-10-16(29-3)11-9-15/h5-11H,4,12H2,1-3H3,(H,22,25). The van der Waals surface area contributed by atoms with Crippen LogP contribution in [-0.2, 0) is 20.8 Å². The fourth-order valence-electron chi connectivity index (χ4n) is 3.13. The van der Waals surface area contributed by atoms with Gasteiger partial charge in [0.2, 0.25) is 5.91 Å². The quantitative estimate of drug-likeness (QED) is 0.599. The second-order valence-electron chi connectivity index (χ2n) is 6.52. The fraction of sp³-hybridized carbons (Fsp3) is 0.238. The molecule has 5 amide bonds. The largest absolute Gasteiger partial charge is 0.497 e. The molecule has 8 nitrogen and oxygen atoms in total. The van der Waals surface area contributed by atoms with Crippen molar-refractivity contribution in [3.8, 4) is 5.75 Å². The van der Waals surface area contributed by atoms with E-state index < -0.39 is 30.3 Å². The van der Waals surface area contributed by atoms with E-state index in [0.717, 1.165) is 16.0 Å². The lowest BCUT2D eigenvalue weighted by molar-refractivity contribution is -0.140. The lowest BCUT2D eigenvalue weighted by Crippen LogP contribution is -2.39. The molecule has 1 aliphatic heterocycles. The van der Waals surface area contributed by atoms with Crippen LogP contribution >= 0.6 is 0 Å². The van der Waals surface area contributed by atoms with Crippen molar-refractivity contribution in [2.75, 3.05) is 23.9 Å². The van der Waals surface area contributed by atoms with E-state index in [0.29, 0.717) is 22.8 Å². The number of carbonyl (C=O) groups excluding carboxylic acids is 4. The molecule has 150 valence electrons. The smallest absolute Gasteiger partial charge is 0.339 e. The number of rotatable bonds is 6. The van der Waals surface area contributed by atoms with Crippen LogP contribution in [0.15, 0.2) is 42.5 Å². The highest BCUT2D eigenvalue weighted by atomic mass is 16.5. The van der Waals surface area contributed by atoms with Crippen LogP contribution in [0.2, 0.25) is 0 Å². The molecule has 2 aromatic carbocycles. The van der Waals surface area contributed by atoms with Gasteiger partial charge >= 0.3 is 17.8 Å². The third kappa shape index (κ3) is 3.82. The number of benzene rings is 2. The minimum absolute atomic E-state index is 0.226. The summed E-state index contributed by atoms with van der Waals surface area (Å²) in [7, 11) is 1.49. The van der Waals surface area contributed by atoms with Crippen molar-refractivity contribution in [1.29, 1.82) is 0 Å². The lowest BCUT2D eigenvalue weighted by Gasteiger charge is -2.17. The Bertz CT molecular complexity index is 984. The Labute approximate surface area is 168 Å². The molecule has 3 rings (SSSR count). The van der Waals surface area contributed by atoms with Gasteiger partial charge in [0.05, 0.1) is 12.8 Å². The molecule has 0 bridgehead atoms. The highest BCUT2D eigenvalue weighted by molar-refractivity contribution is 6.53. The molecule has 1 heterocycles. The Balaban J connectivity index is 1.77. The average molecular weight is 395 g/mol. The van der Waals surface area contributed by atoms with Gasteiger partial charge in [-0.05, 0) is 48.7 Å². The maximum absolute atomic E-state index is 12.7. The first-order valence-corrected chi connectivity index (χ1v) is 9.09. The van der Waals surface area contributed by atoms with Gasteiger partial charge in [0.1, 0.15) is 12.3 Å². The Kier molecular flexibility index (Phi) is 5.63. The van der Waals surface area contributed by atoms with E-state index >= 15 is 0 Å². The number of imide groups is 2. The first-order valence-electron chi connectivity index (χ1n) is 9.09. The second kappa shape index (κ2) is 8.14. The molecule has 0 atom stereocenters. The first-order chi connectivity index (χ1) is 13.9. The summed E-state index contributed by atoms with van der Waals surface area (Å²) in [6.45, 7) is 3.27. The molecule has 0 spiro atoms. The van der Waals surface area contributed by atoms with Crippen molar-refractivity contribution in [1.82, 2.24) is 4.90 Å². The molecule has 1 fully saturated rings. The predicted octanol–water partition coefficient (Wildman–Crippen LogP) is 2.50. The summed E-state index contributed by atoms with van der Waals surface area (Å²) in [5.41, 5.74) is 2.68. The van der Waals surface area contributed by atoms with Crippen LogP contribution in [0.1, 0.15) is 18.1 Å². The normalized spacial score (nSPS) is 13.8. The first kappa shape index (κ1) is 20.1. The van der Waals surface area contributed by atoms with Crippen LogP contribution in [-0.4, -0.2) is 42.3 Å². The van der Waals surface area contributed by atoms with Gasteiger partial charge in [-0.1, -0.05) is 25.1 Å². The number of carbonyl (C=O) groups is 4. The van der Waals surface area contributed by atoms with Crippen molar-refractivity contribution in [3.05, 3.63) is 53.6 Å². The molecule has 0 aliphatic carbocycles. The maximum Gasteiger partial charge on any atom is 0.339 e. The summed E-state index contributed by atoms with van der Waals surface area (Å²) in [4.78, 5) is 51.2. The molecule has 1 N–H and O–H groups in total. The van der Waals surface area contributed by atoms with Crippen LogP contribution in [0.25, 0.3) is 0 Å². The number of nitrogens with zero attached hydrogens (tertiary/aromatic N) is 2. The molecule has 0 saturated carbocycles. The lowest BCUT2D eigenvalue weighted by atomic mass is 10.1. The average Bonchev–Trinajstić information content (AvgIpc) is 2.93. The molecule has 0 aromatic heterocycles. The molecule has 0 unspecified atom stereocenters. The zero-order chi connectivity index (χ0) is 21.1. The SMILES string of the molecule is CCc1cccc(C)c1NC(=O)CN1C(=O)C(=O)N(c2ccc(OC)cc2)C1=O. The van der Waals surface area contributed by atoms with Gasteiger partial charge in [-0.2, -0.15) is 0 Å². The molecule has 29 heavy (non-hydrogen) atoms. The third-order valence-electron chi connectivity index (χ3n) is 4.69. The van der Waals surface area contributed by atoms with Crippen molar-refractivity contribution in [3.63, 3.8) is 0 Å². The van der Waals surface area contributed by atoms with Gasteiger partial charge in [-0.15, -0.1) is 0 Å². The van der Waals surface area contributed by atoms with Crippen LogP contribution in [0.5, 0.6) is 5.75 Å². The van der Waals surface area contributed by atoms with Gasteiger partial charge in [0.25, 0.3) is 0 Å². The number of nitrogens with one attached hydrogen (secondary N) is 1. The monoisotopic (exact) mass is 395 g/mol. The molecule has 1 saturated heterocycles. The van der Waals surface area contributed by atoms with Gasteiger partial charge in [-0.3, -0.25) is 14.4 Å². The Morgan fingerprint density at radius 2 is 1.72 bits per heavy atom. The van der Waals surface area contributed by atoms with Gasteiger partial charge in [0.15, 0.2) is 0 Å². The molecule has 0 radical (unpaired) electrons. The Morgan fingerprint density at radius 3 is 2.34 bits per heavy atom. The van der Waals surface area contributed by atoms with E-state index in [1.54, 1.807) is 12.1 Å². The van der Waals surface area contributed by atoms with Crippen molar-refractivity contribution < 1.29 is 23.9 Å². The number of aryl methyl sites for hydroxylation is 2. The topological polar surface area (TPSA) is 96.0 Å². The van der Waals surface area contributed by atoms with E-state index in [-0.39, 0.29) is 5.69 Å². The van der Waals surface area contributed by atoms with E-state index in [1.807, 2.05) is 32.0 Å². The van der Waals surface area contributed by atoms with Crippen molar-refractivity contribution in [2.24, 2.45) is 0 Å². The third-order valence-corrected chi connectivity index (χ3v) is 4.69. The molecule has 2 aromatic rings. The summed E-state index contributed by atoms with van der Waals surface area (Å²) in [5.74, 6) is -2.06. The number of ether oxygens (including phenoxy) is 1. The molecular formula is C21H21N3O5. The van der Waals surface area contributed by atoms with Crippen molar-refractivity contribution >= 4 is 35.1 Å². The fourth-order valence-corrected chi connectivity index (χ4v) is 3.13. The van der Waals surface area contributed by atoms with E-state index in [1.165, 1.54) is 19.2 Å². The second-order valence-corrected chi connectivity index (χ2v) is 6.52. The van der Waals surface area contributed by atoms with E-state index in [4.69, 9.17) is 4.74 Å².